The number of alkyl halides is 1. The highest BCUT2D eigenvalue weighted by Gasteiger charge is 2.52. The van der Waals surface area contributed by atoms with E-state index in [9.17, 15) is 0 Å². The van der Waals surface area contributed by atoms with E-state index in [0.717, 1.165) is 24.3 Å². The van der Waals surface area contributed by atoms with Crippen molar-refractivity contribution in [2.45, 2.75) is 25.0 Å². The molecule has 3 aliphatic rings. The lowest BCUT2D eigenvalue weighted by Crippen LogP contribution is -2.26. The van der Waals surface area contributed by atoms with E-state index in [2.05, 4.69) is 4.90 Å². The third-order valence-corrected chi connectivity index (χ3v) is 4.10. The average Bonchev–Trinajstić information content (AvgIpc) is 2.72. The van der Waals surface area contributed by atoms with Crippen molar-refractivity contribution in [1.29, 1.82) is 0 Å². The van der Waals surface area contributed by atoms with Crippen molar-refractivity contribution >= 4 is 11.6 Å². The van der Waals surface area contributed by atoms with Gasteiger partial charge in [-0.25, -0.2) is 0 Å². The van der Waals surface area contributed by atoms with Crippen molar-refractivity contribution in [3.8, 4) is 0 Å². The zero-order valence-corrected chi connectivity index (χ0v) is 8.54. The Morgan fingerprint density at radius 3 is 2.31 bits per heavy atom. The summed E-state index contributed by atoms with van der Waals surface area (Å²) in [6, 6.07) is 0. The molecule has 2 nitrogen and oxygen atoms in total. The van der Waals surface area contributed by atoms with Crippen LogP contribution >= 0.6 is 11.6 Å². The van der Waals surface area contributed by atoms with Crippen molar-refractivity contribution < 1.29 is 4.74 Å². The molecule has 0 spiro atoms. The maximum absolute atomic E-state index is 5.91. The summed E-state index contributed by atoms with van der Waals surface area (Å²) in [5.41, 5.74) is 0. The first-order valence-electron chi connectivity index (χ1n) is 5.32. The van der Waals surface area contributed by atoms with Gasteiger partial charge in [0, 0.05) is 37.4 Å². The molecule has 0 saturated carbocycles. The van der Waals surface area contributed by atoms with Gasteiger partial charge < -0.3 is 9.64 Å². The van der Waals surface area contributed by atoms with Gasteiger partial charge in [0.1, 0.15) is 0 Å². The minimum absolute atomic E-state index is 0.593. The summed E-state index contributed by atoms with van der Waals surface area (Å²) in [4.78, 5) is 2.51. The molecule has 3 aliphatic heterocycles. The molecule has 3 saturated heterocycles. The van der Waals surface area contributed by atoms with Gasteiger partial charge in [0.05, 0.1) is 12.2 Å². The SMILES string of the molecule is ClCCN1C[C@@H]2[C@H](C1)[C@@H]1CC[C@H]2O1. The minimum Gasteiger partial charge on any atom is -0.374 e. The van der Waals surface area contributed by atoms with Crippen LogP contribution in [0.15, 0.2) is 0 Å². The van der Waals surface area contributed by atoms with Crippen LogP contribution in [0.3, 0.4) is 0 Å². The zero-order chi connectivity index (χ0) is 8.84. The zero-order valence-electron chi connectivity index (χ0n) is 7.79. The van der Waals surface area contributed by atoms with Crippen molar-refractivity contribution in [3.63, 3.8) is 0 Å². The van der Waals surface area contributed by atoms with Gasteiger partial charge in [0.2, 0.25) is 0 Å². The molecule has 0 radical (unpaired) electrons. The van der Waals surface area contributed by atoms with Crippen LogP contribution in [0, 0.1) is 11.8 Å². The first-order chi connectivity index (χ1) is 6.38. The normalized spacial score (nSPS) is 48.7. The highest BCUT2D eigenvalue weighted by Crippen LogP contribution is 2.46. The van der Waals surface area contributed by atoms with Crippen LogP contribution in [0.25, 0.3) is 0 Å². The predicted molar refractivity (Wildman–Crippen MR) is 52.0 cm³/mol. The van der Waals surface area contributed by atoms with Gasteiger partial charge in [-0.05, 0) is 12.8 Å². The molecule has 2 bridgehead atoms. The molecule has 0 aromatic heterocycles. The third-order valence-electron chi connectivity index (χ3n) is 3.93. The Hall–Kier alpha value is 0.210. The molecule has 3 heterocycles. The van der Waals surface area contributed by atoms with E-state index in [1.807, 2.05) is 0 Å². The van der Waals surface area contributed by atoms with Gasteiger partial charge >= 0.3 is 0 Å². The Labute approximate surface area is 84.2 Å². The quantitative estimate of drug-likeness (QED) is 0.626. The number of ether oxygens (including phenoxy) is 1. The average molecular weight is 202 g/mol. The van der Waals surface area contributed by atoms with Crippen LogP contribution in [0.5, 0.6) is 0 Å². The molecule has 13 heavy (non-hydrogen) atoms. The van der Waals surface area contributed by atoms with Crippen LogP contribution < -0.4 is 0 Å². The lowest BCUT2D eigenvalue weighted by atomic mass is 9.82. The van der Waals surface area contributed by atoms with E-state index in [4.69, 9.17) is 16.3 Å². The third kappa shape index (κ3) is 1.23. The molecule has 0 aliphatic carbocycles. The van der Waals surface area contributed by atoms with E-state index < -0.39 is 0 Å². The van der Waals surface area contributed by atoms with Crippen LogP contribution in [0.2, 0.25) is 0 Å². The Bertz CT molecular complexity index is 193. The smallest absolute Gasteiger partial charge is 0.0624 e. The monoisotopic (exact) mass is 201 g/mol. The van der Waals surface area contributed by atoms with Crippen LogP contribution in [0.4, 0.5) is 0 Å². The molecule has 0 amide bonds. The molecule has 74 valence electrons. The second kappa shape index (κ2) is 3.11. The summed E-state index contributed by atoms with van der Waals surface area (Å²) in [6.07, 6.45) is 3.80. The van der Waals surface area contributed by atoms with Crippen LogP contribution in [-0.4, -0.2) is 42.6 Å². The van der Waals surface area contributed by atoms with Gasteiger partial charge in [-0.1, -0.05) is 0 Å². The van der Waals surface area contributed by atoms with E-state index in [1.165, 1.54) is 25.9 Å². The first kappa shape index (κ1) is 8.51. The topological polar surface area (TPSA) is 12.5 Å². The van der Waals surface area contributed by atoms with Crippen LogP contribution in [0.1, 0.15) is 12.8 Å². The molecule has 0 aromatic rings. The van der Waals surface area contributed by atoms with Crippen molar-refractivity contribution in [3.05, 3.63) is 0 Å². The molecule has 3 rings (SSSR count). The highest BCUT2D eigenvalue weighted by molar-refractivity contribution is 6.18. The summed E-state index contributed by atoms with van der Waals surface area (Å²) in [7, 11) is 0. The van der Waals surface area contributed by atoms with Crippen molar-refractivity contribution in [2.24, 2.45) is 11.8 Å². The first-order valence-corrected chi connectivity index (χ1v) is 5.85. The number of nitrogens with zero attached hydrogens (tertiary/aromatic N) is 1. The van der Waals surface area contributed by atoms with E-state index >= 15 is 0 Å². The lowest BCUT2D eigenvalue weighted by molar-refractivity contribution is 0.0714. The summed E-state index contributed by atoms with van der Waals surface area (Å²) in [6.45, 7) is 3.53. The second-order valence-electron chi connectivity index (χ2n) is 4.57. The lowest BCUT2D eigenvalue weighted by Gasteiger charge is -2.18. The summed E-state index contributed by atoms with van der Waals surface area (Å²) >= 11 is 5.75. The maximum atomic E-state index is 5.91. The van der Waals surface area contributed by atoms with Gasteiger partial charge in [-0.2, -0.15) is 0 Å². The van der Waals surface area contributed by atoms with E-state index in [1.54, 1.807) is 0 Å². The number of likely N-dealkylation sites (tertiary alicyclic amines) is 1. The summed E-state index contributed by atoms with van der Waals surface area (Å²) < 4.78 is 5.91. The van der Waals surface area contributed by atoms with Gasteiger partial charge in [0.15, 0.2) is 0 Å². The molecule has 0 unspecified atom stereocenters. The Morgan fingerprint density at radius 1 is 1.15 bits per heavy atom. The number of hydrogen-bond acceptors (Lipinski definition) is 2. The van der Waals surface area contributed by atoms with Crippen molar-refractivity contribution in [2.75, 3.05) is 25.5 Å². The maximum Gasteiger partial charge on any atom is 0.0624 e. The number of halogens is 1. The van der Waals surface area contributed by atoms with Crippen molar-refractivity contribution in [1.82, 2.24) is 4.90 Å². The van der Waals surface area contributed by atoms with Gasteiger partial charge in [-0.15, -0.1) is 11.6 Å². The Kier molecular flexibility index (Phi) is 2.04. The van der Waals surface area contributed by atoms with E-state index in [0.29, 0.717) is 12.2 Å². The fourth-order valence-corrected chi connectivity index (χ4v) is 3.59. The largest absolute Gasteiger partial charge is 0.374 e. The minimum atomic E-state index is 0.593. The molecule has 4 atom stereocenters. The van der Waals surface area contributed by atoms with Gasteiger partial charge in [-0.3, -0.25) is 0 Å². The second-order valence-corrected chi connectivity index (χ2v) is 4.94. The Morgan fingerprint density at radius 2 is 1.77 bits per heavy atom. The van der Waals surface area contributed by atoms with E-state index in [-0.39, 0.29) is 0 Å². The number of rotatable bonds is 2. The molecule has 3 fully saturated rings. The Balaban J connectivity index is 1.69. The summed E-state index contributed by atoms with van der Waals surface area (Å²) in [5.74, 6) is 2.44. The molecule has 0 N–H and O–H groups in total. The fraction of sp³-hybridized carbons (Fsp3) is 1.00. The highest BCUT2D eigenvalue weighted by atomic mass is 35.5. The number of hydrogen-bond donors (Lipinski definition) is 0. The standard InChI is InChI=1S/C10H16ClNO/c11-3-4-12-5-7-8(6-12)10-2-1-9(7)13-10/h7-10H,1-6H2/t7-,8+,9-,10+. The number of fused-ring (bicyclic) bond motifs is 5. The molecular formula is C10H16ClNO. The molecular weight excluding hydrogens is 186 g/mol. The van der Waals surface area contributed by atoms with Gasteiger partial charge in [0.25, 0.3) is 0 Å². The summed E-state index contributed by atoms with van der Waals surface area (Å²) in [5, 5.41) is 0. The predicted octanol–water partition coefficient (Wildman–Crippen LogP) is 1.33. The van der Waals surface area contributed by atoms with Crippen LogP contribution in [-0.2, 0) is 4.74 Å². The fourth-order valence-electron chi connectivity index (χ4n) is 3.35. The molecule has 0 aromatic carbocycles. The molecule has 3 heteroatoms.